The summed E-state index contributed by atoms with van der Waals surface area (Å²) in [5.41, 5.74) is 0. The van der Waals surface area contributed by atoms with Gasteiger partial charge in [-0.3, -0.25) is 4.79 Å². The van der Waals surface area contributed by atoms with Crippen molar-refractivity contribution in [2.45, 2.75) is 33.1 Å². The van der Waals surface area contributed by atoms with Crippen molar-refractivity contribution in [3.8, 4) is 0 Å². The van der Waals surface area contributed by atoms with E-state index in [2.05, 4.69) is 17.6 Å². The van der Waals surface area contributed by atoms with Gasteiger partial charge in [0, 0.05) is 19.6 Å². The first kappa shape index (κ1) is 13.8. The maximum Gasteiger partial charge on any atom is 0.317 e. The van der Waals surface area contributed by atoms with Gasteiger partial charge in [-0.25, -0.2) is 4.79 Å². The Morgan fingerprint density at radius 3 is 2.76 bits per heavy atom. The second-order valence-electron chi connectivity index (χ2n) is 4.70. The maximum absolute atomic E-state index is 11.8. The first-order valence-corrected chi connectivity index (χ1v) is 6.43. The summed E-state index contributed by atoms with van der Waals surface area (Å²) in [7, 11) is 0. The van der Waals surface area contributed by atoms with Crippen molar-refractivity contribution < 1.29 is 9.59 Å². The van der Waals surface area contributed by atoms with Crippen LogP contribution < -0.4 is 10.6 Å². The molecule has 1 fully saturated rings. The van der Waals surface area contributed by atoms with Gasteiger partial charge in [-0.1, -0.05) is 13.8 Å². The molecule has 0 spiro atoms. The van der Waals surface area contributed by atoms with E-state index < -0.39 is 0 Å². The number of amides is 3. The van der Waals surface area contributed by atoms with E-state index in [1.807, 2.05) is 6.92 Å². The first-order chi connectivity index (χ1) is 8.13. The number of nitrogens with zero attached hydrogens (tertiary/aromatic N) is 1. The Morgan fingerprint density at radius 2 is 2.12 bits per heavy atom. The molecule has 3 amide bonds. The molecule has 1 rings (SSSR count). The second-order valence-corrected chi connectivity index (χ2v) is 4.70. The molecule has 98 valence electrons. The maximum atomic E-state index is 11.8. The van der Waals surface area contributed by atoms with Crippen LogP contribution in [0.4, 0.5) is 4.79 Å². The number of rotatable bonds is 4. The van der Waals surface area contributed by atoms with Crippen molar-refractivity contribution >= 4 is 11.9 Å². The van der Waals surface area contributed by atoms with Crippen LogP contribution in [0.3, 0.4) is 0 Å². The van der Waals surface area contributed by atoms with Gasteiger partial charge >= 0.3 is 6.03 Å². The van der Waals surface area contributed by atoms with Crippen LogP contribution in [0.5, 0.6) is 0 Å². The molecule has 17 heavy (non-hydrogen) atoms. The van der Waals surface area contributed by atoms with Crippen LogP contribution in [0.1, 0.15) is 33.1 Å². The third kappa shape index (κ3) is 5.06. The van der Waals surface area contributed by atoms with Crippen LogP contribution in [0, 0.1) is 5.92 Å². The second kappa shape index (κ2) is 7.14. The van der Waals surface area contributed by atoms with E-state index in [-0.39, 0.29) is 18.5 Å². The molecule has 1 saturated heterocycles. The third-order valence-electron chi connectivity index (χ3n) is 2.92. The van der Waals surface area contributed by atoms with Crippen LogP contribution in [0.25, 0.3) is 0 Å². The number of carbonyl (C=O) groups excluding carboxylic acids is 2. The van der Waals surface area contributed by atoms with Gasteiger partial charge < -0.3 is 15.5 Å². The predicted molar refractivity (Wildman–Crippen MR) is 66.7 cm³/mol. The Balaban J connectivity index is 2.22. The number of nitrogens with one attached hydrogen (secondary N) is 2. The van der Waals surface area contributed by atoms with Gasteiger partial charge in [-0.05, 0) is 25.2 Å². The first-order valence-electron chi connectivity index (χ1n) is 6.43. The zero-order valence-corrected chi connectivity index (χ0v) is 10.8. The minimum Gasteiger partial charge on any atom is -0.355 e. The van der Waals surface area contributed by atoms with Crippen molar-refractivity contribution in [1.82, 2.24) is 15.5 Å². The number of hydrogen-bond donors (Lipinski definition) is 2. The lowest BCUT2D eigenvalue weighted by atomic mass is 10.0. The molecule has 1 aliphatic heterocycles. The molecule has 5 nitrogen and oxygen atoms in total. The normalized spacial score (nSPS) is 19.9. The Bertz CT molecular complexity index is 268. The highest BCUT2D eigenvalue weighted by Gasteiger charge is 2.20. The highest BCUT2D eigenvalue weighted by molar-refractivity contribution is 5.83. The quantitative estimate of drug-likeness (QED) is 0.770. The molecule has 0 aromatic heterocycles. The molecule has 2 N–H and O–H groups in total. The monoisotopic (exact) mass is 241 g/mol. The summed E-state index contributed by atoms with van der Waals surface area (Å²) in [6.07, 6.45) is 3.14. The van der Waals surface area contributed by atoms with Crippen molar-refractivity contribution in [3.05, 3.63) is 0 Å². The van der Waals surface area contributed by atoms with Gasteiger partial charge in [0.1, 0.15) is 0 Å². The summed E-state index contributed by atoms with van der Waals surface area (Å²) in [6.45, 7) is 6.47. The van der Waals surface area contributed by atoms with Crippen LogP contribution in [-0.2, 0) is 4.79 Å². The Labute approximate surface area is 103 Å². The summed E-state index contributed by atoms with van der Waals surface area (Å²) in [6, 6.07) is -0.122. The van der Waals surface area contributed by atoms with E-state index >= 15 is 0 Å². The molecular formula is C12H23N3O2. The largest absolute Gasteiger partial charge is 0.355 e. The summed E-state index contributed by atoms with van der Waals surface area (Å²) in [5, 5.41) is 5.38. The number of urea groups is 1. The minimum atomic E-state index is -0.122. The van der Waals surface area contributed by atoms with E-state index in [0.717, 1.165) is 25.9 Å². The smallest absolute Gasteiger partial charge is 0.317 e. The van der Waals surface area contributed by atoms with Crippen LogP contribution >= 0.6 is 0 Å². The molecule has 1 heterocycles. The fourth-order valence-electron chi connectivity index (χ4n) is 1.97. The highest BCUT2D eigenvalue weighted by Crippen LogP contribution is 2.14. The van der Waals surface area contributed by atoms with Crippen molar-refractivity contribution in [1.29, 1.82) is 0 Å². The Hall–Kier alpha value is -1.26. The fraction of sp³-hybridized carbons (Fsp3) is 0.833. The third-order valence-corrected chi connectivity index (χ3v) is 2.92. The van der Waals surface area contributed by atoms with Crippen LogP contribution in [-0.4, -0.2) is 43.0 Å². The molecular weight excluding hydrogens is 218 g/mol. The molecule has 0 saturated carbocycles. The zero-order chi connectivity index (χ0) is 12.7. The molecule has 1 atom stereocenters. The fourth-order valence-corrected chi connectivity index (χ4v) is 1.97. The number of hydrogen-bond acceptors (Lipinski definition) is 2. The van der Waals surface area contributed by atoms with E-state index in [1.54, 1.807) is 4.90 Å². The van der Waals surface area contributed by atoms with Gasteiger partial charge in [0.05, 0.1) is 6.54 Å². The van der Waals surface area contributed by atoms with Gasteiger partial charge in [-0.15, -0.1) is 0 Å². The molecule has 1 unspecified atom stereocenters. The molecule has 0 aliphatic carbocycles. The summed E-state index contributed by atoms with van der Waals surface area (Å²) in [4.78, 5) is 24.9. The van der Waals surface area contributed by atoms with Gasteiger partial charge in [0.15, 0.2) is 0 Å². The van der Waals surface area contributed by atoms with Gasteiger partial charge in [0.25, 0.3) is 0 Å². The van der Waals surface area contributed by atoms with E-state index in [9.17, 15) is 9.59 Å². The number of likely N-dealkylation sites (tertiary alicyclic amines) is 1. The van der Waals surface area contributed by atoms with Crippen molar-refractivity contribution in [3.63, 3.8) is 0 Å². The molecule has 1 aliphatic rings. The lowest BCUT2D eigenvalue weighted by Gasteiger charge is -2.30. The number of carbonyl (C=O) groups is 2. The molecule has 0 radical (unpaired) electrons. The lowest BCUT2D eigenvalue weighted by Crippen LogP contribution is -2.47. The van der Waals surface area contributed by atoms with Crippen molar-refractivity contribution in [2.75, 3.05) is 26.2 Å². The van der Waals surface area contributed by atoms with Gasteiger partial charge in [-0.2, -0.15) is 0 Å². The molecule has 0 aromatic rings. The van der Waals surface area contributed by atoms with E-state index in [0.29, 0.717) is 12.5 Å². The van der Waals surface area contributed by atoms with Gasteiger partial charge in [0.2, 0.25) is 5.91 Å². The average molecular weight is 241 g/mol. The van der Waals surface area contributed by atoms with Crippen LogP contribution in [0.15, 0.2) is 0 Å². The zero-order valence-electron chi connectivity index (χ0n) is 10.8. The van der Waals surface area contributed by atoms with E-state index in [1.165, 1.54) is 6.42 Å². The minimum absolute atomic E-state index is 0.0731. The molecule has 5 heteroatoms. The van der Waals surface area contributed by atoms with E-state index in [4.69, 9.17) is 0 Å². The topological polar surface area (TPSA) is 61.4 Å². The number of piperidine rings is 1. The summed E-state index contributed by atoms with van der Waals surface area (Å²) in [5.74, 6) is 0.439. The summed E-state index contributed by atoms with van der Waals surface area (Å²) < 4.78 is 0. The standard InChI is InChI=1S/C12H23N3O2/c1-3-6-13-11(16)8-14-12(17)15-7-4-5-10(2)9-15/h10H,3-9H2,1-2H3,(H,13,16)(H,14,17). The lowest BCUT2D eigenvalue weighted by molar-refractivity contribution is -0.120. The molecule has 0 bridgehead atoms. The summed E-state index contributed by atoms with van der Waals surface area (Å²) >= 11 is 0. The molecule has 0 aromatic carbocycles. The Morgan fingerprint density at radius 1 is 1.35 bits per heavy atom. The highest BCUT2D eigenvalue weighted by atomic mass is 16.2. The van der Waals surface area contributed by atoms with Crippen LogP contribution in [0.2, 0.25) is 0 Å². The van der Waals surface area contributed by atoms with Crippen molar-refractivity contribution in [2.24, 2.45) is 5.92 Å². The predicted octanol–water partition coefficient (Wildman–Crippen LogP) is 0.954. The SMILES string of the molecule is CCCNC(=O)CNC(=O)N1CCCC(C)C1. The average Bonchev–Trinajstić information content (AvgIpc) is 2.33. The Kier molecular flexibility index (Phi) is 5.80.